The quantitative estimate of drug-likeness (QED) is 0.882. The Bertz CT molecular complexity index is 495. The number of carbonyl (C=O) groups excluding carboxylic acids is 1. The average Bonchev–Trinajstić information content (AvgIpc) is 2.41. The Labute approximate surface area is 110 Å². The number of hydrogen-bond donors (Lipinski definition) is 2. The van der Waals surface area contributed by atoms with Crippen LogP contribution in [0, 0.1) is 11.7 Å². The molecule has 1 amide bonds. The van der Waals surface area contributed by atoms with E-state index in [9.17, 15) is 14.0 Å². The van der Waals surface area contributed by atoms with Gasteiger partial charge in [-0.15, -0.1) is 0 Å². The van der Waals surface area contributed by atoms with E-state index in [1.165, 1.54) is 6.07 Å². The maximum Gasteiger partial charge on any atom is 0.337 e. The summed E-state index contributed by atoms with van der Waals surface area (Å²) in [7, 11) is 0. The third-order valence-electron chi connectivity index (χ3n) is 3.45. The number of halogens is 1. The van der Waals surface area contributed by atoms with E-state index >= 15 is 0 Å². The van der Waals surface area contributed by atoms with Crippen LogP contribution in [0.1, 0.15) is 42.5 Å². The molecule has 0 spiro atoms. The Hall–Kier alpha value is -1.91. The monoisotopic (exact) mass is 265 g/mol. The lowest BCUT2D eigenvalue weighted by atomic mass is 9.88. The first-order chi connectivity index (χ1) is 9.08. The van der Waals surface area contributed by atoms with E-state index < -0.39 is 11.8 Å². The molecule has 4 nitrogen and oxygen atoms in total. The zero-order valence-corrected chi connectivity index (χ0v) is 10.5. The molecule has 1 saturated carbocycles. The molecule has 1 aliphatic rings. The van der Waals surface area contributed by atoms with Crippen molar-refractivity contribution in [1.29, 1.82) is 0 Å². The minimum atomic E-state index is -1.25. The molecule has 19 heavy (non-hydrogen) atoms. The first-order valence-corrected chi connectivity index (χ1v) is 6.41. The zero-order valence-electron chi connectivity index (χ0n) is 10.5. The molecule has 102 valence electrons. The highest BCUT2D eigenvalue weighted by Gasteiger charge is 2.22. The van der Waals surface area contributed by atoms with Crippen LogP contribution >= 0.6 is 0 Å². The molecular weight excluding hydrogens is 249 g/mol. The van der Waals surface area contributed by atoms with Gasteiger partial charge in [0.15, 0.2) is 0 Å². The number of benzene rings is 1. The van der Waals surface area contributed by atoms with E-state index in [0.29, 0.717) is 0 Å². The van der Waals surface area contributed by atoms with Crippen molar-refractivity contribution in [3.8, 4) is 0 Å². The van der Waals surface area contributed by atoms with Gasteiger partial charge >= 0.3 is 5.97 Å². The molecule has 1 aliphatic carbocycles. The Morgan fingerprint density at radius 3 is 2.53 bits per heavy atom. The topological polar surface area (TPSA) is 66.4 Å². The van der Waals surface area contributed by atoms with Crippen LogP contribution in [-0.4, -0.2) is 17.0 Å². The van der Waals surface area contributed by atoms with E-state index in [4.69, 9.17) is 5.11 Å². The molecule has 0 unspecified atom stereocenters. The second-order valence-corrected chi connectivity index (χ2v) is 4.82. The van der Waals surface area contributed by atoms with Gasteiger partial charge in [-0.3, -0.25) is 4.79 Å². The standard InChI is InChI=1S/C14H16FNO3/c15-10-6-7-12(11(8-10)14(18)19)16-13(17)9-4-2-1-3-5-9/h6-9H,1-5H2,(H,16,17)(H,18,19). The van der Waals surface area contributed by atoms with Crippen LogP contribution in [0.3, 0.4) is 0 Å². The number of nitrogens with one attached hydrogen (secondary N) is 1. The lowest BCUT2D eigenvalue weighted by Gasteiger charge is -2.21. The number of carboxylic acids is 1. The highest BCUT2D eigenvalue weighted by Crippen LogP contribution is 2.26. The van der Waals surface area contributed by atoms with Crippen molar-refractivity contribution in [2.45, 2.75) is 32.1 Å². The summed E-state index contributed by atoms with van der Waals surface area (Å²) in [6.07, 6.45) is 4.84. The van der Waals surface area contributed by atoms with Gasteiger partial charge in [-0.1, -0.05) is 19.3 Å². The number of amides is 1. The second-order valence-electron chi connectivity index (χ2n) is 4.82. The third-order valence-corrected chi connectivity index (χ3v) is 3.45. The first-order valence-electron chi connectivity index (χ1n) is 6.41. The minimum absolute atomic E-state index is 0.0690. The fourth-order valence-electron chi connectivity index (χ4n) is 2.40. The van der Waals surface area contributed by atoms with Crippen LogP contribution in [0.2, 0.25) is 0 Å². The molecule has 0 radical (unpaired) electrons. The minimum Gasteiger partial charge on any atom is -0.478 e. The molecule has 0 atom stereocenters. The van der Waals surface area contributed by atoms with Crippen molar-refractivity contribution >= 4 is 17.6 Å². The summed E-state index contributed by atoms with van der Waals surface area (Å²) >= 11 is 0. The fourth-order valence-corrected chi connectivity index (χ4v) is 2.40. The normalized spacial score (nSPS) is 16.1. The summed E-state index contributed by atoms with van der Waals surface area (Å²) in [5.41, 5.74) is -0.0615. The van der Waals surface area contributed by atoms with Crippen molar-refractivity contribution in [3.05, 3.63) is 29.6 Å². The molecule has 2 N–H and O–H groups in total. The summed E-state index contributed by atoms with van der Waals surface area (Å²) in [4.78, 5) is 23.0. The summed E-state index contributed by atoms with van der Waals surface area (Å²) in [6, 6.07) is 3.35. The molecule has 0 heterocycles. The largest absolute Gasteiger partial charge is 0.478 e. The predicted molar refractivity (Wildman–Crippen MR) is 68.6 cm³/mol. The third kappa shape index (κ3) is 3.30. The molecule has 0 saturated heterocycles. The summed E-state index contributed by atoms with van der Waals surface area (Å²) < 4.78 is 13.0. The molecule has 1 aromatic rings. The summed E-state index contributed by atoms with van der Waals surface area (Å²) in [5.74, 6) is -2.12. The van der Waals surface area contributed by atoms with Crippen LogP contribution in [0.5, 0.6) is 0 Å². The van der Waals surface area contributed by atoms with Crippen molar-refractivity contribution < 1.29 is 19.1 Å². The Balaban J connectivity index is 2.13. The number of carboxylic acid groups (broad SMARTS) is 1. The molecule has 0 bridgehead atoms. The van der Waals surface area contributed by atoms with E-state index in [-0.39, 0.29) is 23.1 Å². The number of anilines is 1. The lowest BCUT2D eigenvalue weighted by Crippen LogP contribution is -2.25. The molecule has 0 aliphatic heterocycles. The van der Waals surface area contributed by atoms with Gasteiger partial charge in [0.2, 0.25) is 5.91 Å². The van der Waals surface area contributed by atoms with Crippen molar-refractivity contribution in [2.24, 2.45) is 5.92 Å². The molecule has 0 aromatic heterocycles. The van der Waals surface area contributed by atoms with Gasteiger partial charge in [0, 0.05) is 5.92 Å². The molecular formula is C14H16FNO3. The van der Waals surface area contributed by atoms with Crippen LogP contribution in [-0.2, 0) is 4.79 Å². The zero-order chi connectivity index (χ0) is 13.8. The van der Waals surface area contributed by atoms with E-state index in [0.717, 1.165) is 44.2 Å². The number of hydrogen-bond acceptors (Lipinski definition) is 2. The number of carbonyl (C=O) groups is 2. The van der Waals surface area contributed by atoms with Crippen LogP contribution < -0.4 is 5.32 Å². The SMILES string of the molecule is O=C(O)c1cc(F)ccc1NC(=O)C1CCCCC1. The highest BCUT2D eigenvalue weighted by atomic mass is 19.1. The van der Waals surface area contributed by atoms with Crippen LogP contribution in [0.4, 0.5) is 10.1 Å². The molecule has 1 aromatic carbocycles. The molecule has 2 rings (SSSR count). The van der Waals surface area contributed by atoms with E-state index in [2.05, 4.69) is 5.32 Å². The first kappa shape index (κ1) is 13.5. The van der Waals surface area contributed by atoms with Crippen molar-refractivity contribution in [3.63, 3.8) is 0 Å². The Morgan fingerprint density at radius 2 is 1.89 bits per heavy atom. The van der Waals surface area contributed by atoms with Crippen molar-refractivity contribution in [2.75, 3.05) is 5.32 Å². The number of aromatic carboxylic acids is 1. The molecule has 1 fully saturated rings. The molecule has 5 heteroatoms. The Morgan fingerprint density at radius 1 is 1.21 bits per heavy atom. The van der Waals surface area contributed by atoms with Gasteiger partial charge in [0.05, 0.1) is 11.3 Å². The van der Waals surface area contributed by atoms with Crippen LogP contribution in [0.25, 0.3) is 0 Å². The second kappa shape index (κ2) is 5.82. The summed E-state index contributed by atoms with van der Waals surface area (Å²) in [5, 5.41) is 11.6. The van der Waals surface area contributed by atoms with Gasteiger partial charge in [0.25, 0.3) is 0 Å². The van der Waals surface area contributed by atoms with E-state index in [1.807, 2.05) is 0 Å². The summed E-state index contributed by atoms with van der Waals surface area (Å²) in [6.45, 7) is 0. The van der Waals surface area contributed by atoms with Crippen molar-refractivity contribution in [1.82, 2.24) is 0 Å². The van der Waals surface area contributed by atoms with E-state index in [1.54, 1.807) is 0 Å². The van der Waals surface area contributed by atoms with Gasteiger partial charge < -0.3 is 10.4 Å². The van der Waals surface area contributed by atoms with Crippen LogP contribution in [0.15, 0.2) is 18.2 Å². The van der Waals surface area contributed by atoms with Gasteiger partial charge in [-0.2, -0.15) is 0 Å². The lowest BCUT2D eigenvalue weighted by molar-refractivity contribution is -0.120. The highest BCUT2D eigenvalue weighted by molar-refractivity contribution is 6.01. The Kier molecular flexibility index (Phi) is 4.14. The van der Waals surface area contributed by atoms with Gasteiger partial charge in [-0.05, 0) is 31.0 Å². The maximum atomic E-state index is 13.0. The fraction of sp³-hybridized carbons (Fsp3) is 0.429. The number of rotatable bonds is 3. The smallest absolute Gasteiger partial charge is 0.337 e. The maximum absolute atomic E-state index is 13.0. The van der Waals surface area contributed by atoms with Gasteiger partial charge in [-0.25, -0.2) is 9.18 Å². The average molecular weight is 265 g/mol. The van der Waals surface area contributed by atoms with Gasteiger partial charge in [0.1, 0.15) is 5.82 Å². The predicted octanol–water partition coefficient (Wildman–Crippen LogP) is 3.04.